The Balaban J connectivity index is 2.16. The van der Waals surface area contributed by atoms with E-state index in [0.29, 0.717) is 42.3 Å². The van der Waals surface area contributed by atoms with Gasteiger partial charge in [0.15, 0.2) is 11.5 Å². The van der Waals surface area contributed by atoms with E-state index in [4.69, 9.17) is 9.47 Å². The standard InChI is InChI=1S/C25H30N2O5/c1-6-32-19-12-11-18(15-20(19)31-5)22-21(23(28)17-9-7-16(2)8-10-17)24(29)25(30)27(22)14-13-26(3)4/h7-12,15,22,28H,6,13-14H2,1-5H3/b23-21+/t22-/m0/s1. The first kappa shape index (κ1) is 23.3. The molecule has 1 atom stereocenters. The van der Waals surface area contributed by atoms with Crippen molar-refractivity contribution in [1.82, 2.24) is 9.80 Å². The fraction of sp³-hybridized carbons (Fsp3) is 0.360. The Labute approximate surface area is 188 Å². The molecule has 7 nitrogen and oxygen atoms in total. The molecule has 1 aliphatic rings. The van der Waals surface area contributed by atoms with Crippen LogP contribution in [0.15, 0.2) is 48.0 Å². The number of carbonyl (C=O) groups is 2. The van der Waals surface area contributed by atoms with Crippen molar-refractivity contribution in [3.8, 4) is 11.5 Å². The molecule has 0 bridgehead atoms. The van der Waals surface area contributed by atoms with Gasteiger partial charge in [-0.15, -0.1) is 0 Å². The molecule has 0 spiro atoms. The van der Waals surface area contributed by atoms with E-state index in [1.54, 1.807) is 30.3 Å². The van der Waals surface area contributed by atoms with E-state index in [2.05, 4.69) is 0 Å². The van der Waals surface area contributed by atoms with E-state index in [1.807, 2.05) is 45.0 Å². The average molecular weight is 439 g/mol. The van der Waals surface area contributed by atoms with Crippen LogP contribution in [-0.4, -0.2) is 67.5 Å². The fourth-order valence-electron chi connectivity index (χ4n) is 3.76. The number of likely N-dealkylation sites (N-methyl/N-ethyl adjacent to an activating group) is 1. The van der Waals surface area contributed by atoms with Crippen molar-refractivity contribution >= 4 is 17.4 Å². The molecule has 1 amide bonds. The Hall–Kier alpha value is -3.32. The molecule has 32 heavy (non-hydrogen) atoms. The zero-order chi connectivity index (χ0) is 23.4. The van der Waals surface area contributed by atoms with Crippen molar-refractivity contribution in [1.29, 1.82) is 0 Å². The molecular formula is C25H30N2O5. The monoisotopic (exact) mass is 438 g/mol. The van der Waals surface area contributed by atoms with Crippen LogP contribution < -0.4 is 9.47 Å². The van der Waals surface area contributed by atoms with Crippen LogP contribution in [0, 0.1) is 6.92 Å². The first-order chi connectivity index (χ1) is 15.3. The summed E-state index contributed by atoms with van der Waals surface area (Å²) in [5.41, 5.74) is 2.26. The lowest BCUT2D eigenvalue weighted by molar-refractivity contribution is -0.140. The van der Waals surface area contributed by atoms with Crippen molar-refractivity contribution in [2.24, 2.45) is 0 Å². The van der Waals surface area contributed by atoms with Crippen molar-refractivity contribution in [2.45, 2.75) is 19.9 Å². The van der Waals surface area contributed by atoms with Crippen LogP contribution in [0.1, 0.15) is 29.7 Å². The quantitative estimate of drug-likeness (QED) is 0.387. The smallest absolute Gasteiger partial charge is 0.295 e. The van der Waals surface area contributed by atoms with E-state index in [-0.39, 0.29) is 11.3 Å². The second kappa shape index (κ2) is 9.87. The normalized spacial score (nSPS) is 17.8. The molecule has 0 saturated carbocycles. The molecule has 1 aliphatic heterocycles. The number of likely N-dealkylation sites (tertiary alicyclic amines) is 1. The van der Waals surface area contributed by atoms with Crippen LogP contribution >= 0.6 is 0 Å². The lowest BCUT2D eigenvalue weighted by Crippen LogP contribution is -2.35. The first-order valence-corrected chi connectivity index (χ1v) is 10.6. The number of aliphatic hydroxyl groups excluding tert-OH is 1. The molecule has 0 unspecified atom stereocenters. The molecule has 1 fully saturated rings. The van der Waals surface area contributed by atoms with Gasteiger partial charge in [-0.2, -0.15) is 0 Å². The van der Waals surface area contributed by atoms with Crippen molar-refractivity contribution in [3.05, 3.63) is 64.7 Å². The van der Waals surface area contributed by atoms with Crippen molar-refractivity contribution in [2.75, 3.05) is 40.9 Å². The maximum atomic E-state index is 13.1. The number of hydrogen-bond donors (Lipinski definition) is 1. The minimum absolute atomic E-state index is 0.0730. The highest BCUT2D eigenvalue weighted by Gasteiger charge is 2.46. The number of amides is 1. The summed E-state index contributed by atoms with van der Waals surface area (Å²) in [7, 11) is 5.34. The van der Waals surface area contributed by atoms with Gasteiger partial charge < -0.3 is 24.4 Å². The average Bonchev–Trinajstić information content (AvgIpc) is 3.03. The lowest BCUT2D eigenvalue weighted by Gasteiger charge is -2.27. The Morgan fingerprint density at radius 1 is 1.09 bits per heavy atom. The van der Waals surface area contributed by atoms with Crippen molar-refractivity contribution in [3.63, 3.8) is 0 Å². The number of methoxy groups -OCH3 is 1. The minimum atomic E-state index is -0.735. The largest absolute Gasteiger partial charge is 0.507 e. The summed E-state index contributed by atoms with van der Waals surface area (Å²) < 4.78 is 11.1. The van der Waals surface area contributed by atoms with Gasteiger partial charge in [0.05, 0.1) is 25.3 Å². The number of carbonyl (C=O) groups excluding carboxylic acids is 2. The summed E-state index contributed by atoms with van der Waals surface area (Å²) in [4.78, 5) is 29.5. The topological polar surface area (TPSA) is 79.3 Å². The van der Waals surface area contributed by atoms with Gasteiger partial charge >= 0.3 is 0 Å². The van der Waals surface area contributed by atoms with Crippen LogP contribution in [0.2, 0.25) is 0 Å². The zero-order valence-electron chi connectivity index (χ0n) is 19.2. The number of ketones is 1. The van der Waals surface area contributed by atoms with E-state index in [1.165, 1.54) is 12.0 Å². The van der Waals surface area contributed by atoms with Gasteiger partial charge in [0.2, 0.25) is 0 Å². The molecule has 0 aliphatic carbocycles. The van der Waals surface area contributed by atoms with Gasteiger partial charge in [0.1, 0.15) is 5.76 Å². The lowest BCUT2D eigenvalue weighted by atomic mass is 9.94. The van der Waals surface area contributed by atoms with Gasteiger partial charge in [-0.25, -0.2) is 0 Å². The Bertz CT molecular complexity index is 1030. The van der Waals surface area contributed by atoms with Crippen LogP contribution in [0.4, 0.5) is 0 Å². The SMILES string of the molecule is CCOc1ccc([C@H]2/C(=C(\O)c3ccc(C)cc3)C(=O)C(=O)N2CCN(C)C)cc1OC. The fourth-order valence-corrected chi connectivity index (χ4v) is 3.76. The summed E-state index contributed by atoms with van der Waals surface area (Å²) in [5, 5.41) is 11.1. The second-order valence-corrected chi connectivity index (χ2v) is 8.01. The van der Waals surface area contributed by atoms with Gasteiger partial charge in [-0.1, -0.05) is 35.9 Å². The number of nitrogens with zero attached hydrogens (tertiary/aromatic N) is 2. The summed E-state index contributed by atoms with van der Waals surface area (Å²) in [5.74, 6) is -0.438. The van der Waals surface area contributed by atoms with Crippen LogP contribution in [0.25, 0.3) is 5.76 Å². The van der Waals surface area contributed by atoms with E-state index < -0.39 is 17.7 Å². The minimum Gasteiger partial charge on any atom is -0.507 e. The van der Waals surface area contributed by atoms with Gasteiger partial charge in [-0.3, -0.25) is 9.59 Å². The number of ether oxygens (including phenoxy) is 2. The molecule has 3 rings (SSSR count). The van der Waals surface area contributed by atoms with E-state index in [0.717, 1.165) is 5.56 Å². The van der Waals surface area contributed by atoms with Gasteiger partial charge in [0.25, 0.3) is 11.7 Å². The maximum Gasteiger partial charge on any atom is 0.295 e. The Morgan fingerprint density at radius 2 is 1.78 bits per heavy atom. The summed E-state index contributed by atoms with van der Waals surface area (Å²) in [6.07, 6.45) is 0. The number of rotatable bonds is 8. The van der Waals surface area contributed by atoms with Crippen LogP contribution in [0.5, 0.6) is 11.5 Å². The van der Waals surface area contributed by atoms with Crippen LogP contribution in [0.3, 0.4) is 0 Å². The number of benzene rings is 2. The third-order valence-corrected chi connectivity index (χ3v) is 5.46. The molecule has 1 saturated heterocycles. The highest BCUT2D eigenvalue weighted by atomic mass is 16.5. The molecular weight excluding hydrogens is 408 g/mol. The highest BCUT2D eigenvalue weighted by molar-refractivity contribution is 6.46. The summed E-state index contributed by atoms with van der Waals surface area (Å²) in [6, 6.07) is 11.8. The number of hydrogen-bond acceptors (Lipinski definition) is 6. The molecule has 0 radical (unpaired) electrons. The molecule has 170 valence electrons. The zero-order valence-corrected chi connectivity index (χ0v) is 19.2. The van der Waals surface area contributed by atoms with Gasteiger partial charge in [-0.05, 0) is 45.6 Å². The maximum absolute atomic E-state index is 13.1. The Kier molecular flexibility index (Phi) is 7.20. The molecule has 7 heteroatoms. The van der Waals surface area contributed by atoms with Crippen molar-refractivity contribution < 1.29 is 24.2 Å². The van der Waals surface area contributed by atoms with Crippen LogP contribution in [-0.2, 0) is 9.59 Å². The predicted octanol–water partition coefficient (Wildman–Crippen LogP) is 3.39. The molecule has 1 N–H and O–H groups in total. The molecule has 2 aromatic rings. The molecule has 2 aromatic carbocycles. The number of aryl methyl sites for hydroxylation is 1. The third kappa shape index (κ3) is 4.62. The highest BCUT2D eigenvalue weighted by Crippen LogP contribution is 2.41. The number of Topliss-reactive ketones (excluding diaryl/α,β-unsaturated/α-hetero) is 1. The van der Waals surface area contributed by atoms with Gasteiger partial charge in [0, 0.05) is 18.7 Å². The second-order valence-electron chi connectivity index (χ2n) is 8.01. The number of aliphatic hydroxyl groups is 1. The van der Waals surface area contributed by atoms with E-state index >= 15 is 0 Å². The predicted molar refractivity (Wildman–Crippen MR) is 123 cm³/mol. The summed E-state index contributed by atoms with van der Waals surface area (Å²) in [6.45, 7) is 5.20. The van der Waals surface area contributed by atoms with E-state index in [9.17, 15) is 14.7 Å². The first-order valence-electron chi connectivity index (χ1n) is 10.6. The third-order valence-electron chi connectivity index (χ3n) is 5.46. The Morgan fingerprint density at radius 3 is 2.38 bits per heavy atom. The molecule has 1 heterocycles. The molecule has 0 aromatic heterocycles. The summed E-state index contributed by atoms with van der Waals surface area (Å²) >= 11 is 0.